The lowest BCUT2D eigenvalue weighted by Gasteiger charge is -2.08. The number of halogens is 2. The van der Waals surface area contributed by atoms with Crippen LogP contribution in [-0.2, 0) is 16.0 Å². The van der Waals surface area contributed by atoms with Crippen molar-refractivity contribution in [2.75, 3.05) is 5.75 Å². The number of hydrogen-bond acceptors (Lipinski definition) is 5. The smallest absolute Gasteiger partial charge is 0.257 e. The maximum absolute atomic E-state index is 11.9. The molecule has 0 bridgehead atoms. The molecule has 3 aromatic rings. The number of amides is 2. The van der Waals surface area contributed by atoms with Crippen molar-refractivity contribution < 1.29 is 14.0 Å². The van der Waals surface area contributed by atoms with Gasteiger partial charge in [-0.3, -0.25) is 20.4 Å². The predicted molar refractivity (Wildman–Crippen MR) is 101 cm³/mol. The zero-order valence-corrected chi connectivity index (χ0v) is 15.6. The molecule has 0 unspecified atom stereocenters. The average molecular weight is 410 g/mol. The van der Waals surface area contributed by atoms with Gasteiger partial charge in [0, 0.05) is 10.0 Å². The molecule has 0 radical (unpaired) electrons. The fourth-order valence-corrected chi connectivity index (χ4v) is 3.21. The second kappa shape index (κ2) is 8.44. The van der Waals surface area contributed by atoms with E-state index >= 15 is 0 Å². The van der Waals surface area contributed by atoms with E-state index in [-0.39, 0.29) is 18.1 Å². The number of hydrazine groups is 1. The van der Waals surface area contributed by atoms with Crippen molar-refractivity contribution in [1.82, 2.24) is 15.8 Å². The van der Waals surface area contributed by atoms with Gasteiger partial charge in [-0.15, -0.1) is 0 Å². The number of hydrogen-bond donors (Lipinski definition) is 2. The normalized spacial score (nSPS) is 10.7. The third-order valence-corrected chi connectivity index (χ3v) is 4.72. The van der Waals surface area contributed by atoms with Crippen LogP contribution in [0.5, 0.6) is 0 Å². The molecule has 0 fully saturated rings. The average Bonchev–Trinajstić information content (AvgIpc) is 3.03. The lowest BCUT2D eigenvalue weighted by Crippen LogP contribution is -2.43. The summed E-state index contributed by atoms with van der Waals surface area (Å²) in [5.41, 5.74) is 6.68. The first-order valence-electron chi connectivity index (χ1n) is 7.51. The number of aromatic nitrogens is 1. The van der Waals surface area contributed by atoms with Crippen LogP contribution in [0.4, 0.5) is 0 Å². The minimum absolute atomic E-state index is 0.0224. The summed E-state index contributed by atoms with van der Waals surface area (Å²) in [6.07, 6.45) is 0.0224. The van der Waals surface area contributed by atoms with Gasteiger partial charge in [0.2, 0.25) is 11.8 Å². The van der Waals surface area contributed by atoms with Gasteiger partial charge in [0.1, 0.15) is 5.52 Å². The summed E-state index contributed by atoms with van der Waals surface area (Å²) in [7, 11) is 0. The summed E-state index contributed by atoms with van der Waals surface area (Å²) in [6, 6.07) is 12.2. The Balaban J connectivity index is 1.45. The Morgan fingerprint density at radius 3 is 2.62 bits per heavy atom. The summed E-state index contributed by atoms with van der Waals surface area (Å²) < 4.78 is 5.50. The van der Waals surface area contributed by atoms with Crippen LogP contribution in [0.15, 0.2) is 52.1 Å². The zero-order valence-electron chi connectivity index (χ0n) is 13.3. The molecule has 0 aliphatic heterocycles. The van der Waals surface area contributed by atoms with Crippen molar-refractivity contribution in [2.24, 2.45) is 0 Å². The lowest BCUT2D eigenvalue weighted by molar-refractivity contribution is -0.127. The Morgan fingerprint density at radius 2 is 1.85 bits per heavy atom. The number of carbonyl (C=O) groups excluding carboxylic acids is 2. The third kappa shape index (κ3) is 4.91. The van der Waals surface area contributed by atoms with Crippen LogP contribution in [0.3, 0.4) is 0 Å². The minimum atomic E-state index is -0.394. The van der Waals surface area contributed by atoms with E-state index in [9.17, 15) is 9.59 Å². The molecular weight excluding hydrogens is 397 g/mol. The highest BCUT2D eigenvalue weighted by Gasteiger charge is 2.11. The first-order valence-corrected chi connectivity index (χ1v) is 9.25. The largest absolute Gasteiger partial charge is 0.431 e. The molecule has 6 nitrogen and oxygen atoms in total. The van der Waals surface area contributed by atoms with E-state index in [1.807, 2.05) is 18.2 Å². The molecule has 0 saturated carbocycles. The van der Waals surface area contributed by atoms with Crippen molar-refractivity contribution in [1.29, 1.82) is 0 Å². The molecule has 2 N–H and O–H groups in total. The van der Waals surface area contributed by atoms with Crippen LogP contribution >= 0.6 is 35.0 Å². The number of carbonyl (C=O) groups is 2. The zero-order chi connectivity index (χ0) is 18.5. The molecule has 26 heavy (non-hydrogen) atoms. The van der Waals surface area contributed by atoms with Gasteiger partial charge < -0.3 is 4.42 Å². The van der Waals surface area contributed by atoms with Crippen molar-refractivity contribution >= 4 is 57.9 Å². The number of oxazole rings is 1. The van der Waals surface area contributed by atoms with Crippen molar-refractivity contribution in [3.05, 3.63) is 58.1 Å². The van der Waals surface area contributed by atoms with E-state index in [0.717, 1.165) is 17.3 Å². The van der Waals surface area contributed by atoms with E-state index < -0.39 is 5.91 Å². The third-order valence-electron chi connectivity index (χ3n) is 3.31. The molecule has 9 heteroatoms. The number of thioether (sulfide) groups is 1. The fraction of sp³-hybridized carbons (Fsp3) is 0.118. The van der Waals surface area contributed by atoms with Crippen molar-refractivity contribution in [3.63, 3.8) is 0 Å². The first kappa shape index (κ1) is 18.6. The van der Waals surface area contributed by atoms with E-state index in [1.54, 1.807) is 24.3 Å². The van der Waals surface area contributed by atoms with Crippen molar-refractivity contribution in [3.8, 4) is 0 Å². The highest BCUT2D eigenvalue weighted by Crippen LogP contribution is 2.23. The van der Waals surface area contributed by atoms with Gasteiger partial charge in [-0.1, -0.05) is 53.2 Å². The van der Waals surface area contributed by atoms with Crippen LogP contribution in [0.25, 0.3) is 11.1 Å². The van der Waals surface area contributed by atoms with Crippen LogP contribution in [0.2, 0.25) is 10.0 Å². The standard InChI is InChI=1S/C17H13Cl2N3O3S/c18-11-6-5-10(12(19)8-11)7-15(23)21-22-16(24)9-26-17-20-13-3-1-2-4-14(13)25-17/h1-6,8H,7,9H2,(H,21,23)(H,22,24). The predicted octanol–water partition coefficient (Wildman–Crippen LogP) is 3.62. The quantitative estimate of drug-likeness (QED) is 0.496. The van der Waals surface area contributed by atoms with Crippen molar-refractivity contribution in [2.45, 2.75) is 11.6 Å². The summed E-state index contributed by atoms with van der Waals surface area (Å²) in [6.45, 7) is 0. The number of nitrogens with one attached hydrogen (secondary N) is 2. The first-order chi connectivity index (χ1) is 12.5. The van der Waals surface area contributed by atoms with Gasteiger partial charge in [-0.25, -0.2) is 4.98 Å². The van der Waals surface area contributed by atoms with Gasteiger partial charge in [-0.05, 0) is 29.8 Å². The monoisotopic (exact) mass is 409 g/mol. The van der Waals surface area contributed by atoms with E-state index in [2.05, 4.69) is 15.8 Å². The number of rotatable bonds is 5. The van der Waals surface area contributed by atoms with Crippen LogP contribution in [0.1, 0.15) is 5.56 Å². The van der Waals surface area contributed by atoms with Gasteiger partial charge in [0.15, 0.2) is 5.58 Å². The second-order valence-corrected chi connectivity index (χ2v) is 7.02. The Bertz CT molecular complexity index is 928. The molecule has 2 aromatic carbocycles. The second-order valence-electron chi connectivity index (χ2n) is 5.25. The van der Waals surface area contributed by atoms with Crippen LogP contribution in [0, 0.1) is 0 Å². The van der Waals surface area contributed by atoms with E-state index in [1.165, 1.54) is 0 Å². The van der Waals surface area contributed by atoms with Crippen LogP contribution in [-0.4, -0.2) is 22.6 Å². The Morgan fingerprint density at radius 1 is 1.08 bits per heavy atom. The molecule has 0 atom stereocenters. The topological polar surface area (TPSA) is 84.2 Å². The minimum Gasteiger partial charge on any atom is -0.431 e. The fourth-order valence-electron chi connectivity index (χ4n) is 2.10. The summed E-state index contributed by atoms with van der Waals surface area (Å²) in [5, 5.41) is 1.27. The van der Waals surface area contributed by atoms with Crippen LogP contribution < -0.4 is 10.9 Å². The number of nitrogens with zero attached hydrogens (tertiary/aromatic N) is 1. The lowest BCUT2D eigenvalue weighted by atomic mass is 10.1. The number of para-hydroxylation sites is 2. The molecule has 1 heterocycles. The molecule has 0 aliphatic rings. The van der Waals surface area contributed by atoms with E-state index in [0.29, 0.717) is 26.4 Å². The summed E-state index contributed by atoms with van der Waals surface area (Å²) in [4.78, 5) is 28.0. The molecule has 1 aromatic heterocycles. The summed E-state index contributed by atoms with van der Waals surface area (Å²) >= 11 is 13.0. The number of fused-ring (bicyclic) bond motifs is 1. The number of benzene rings is 2. The van der Waals surface area contributed by atoms with E-state index in [4.69, 9.17) is 27.6 Å². The Kier molecular flexibility index (Phi) is 6.03. The van der Waals surface area contributed by atoms with Gasteiger partial charge in [0.05, 0.1) is 12.2 Å². The molecule has 0 aliphatic carbocycles. The Hall–Kier alpha value is -2.22. The molecule has 0 spiro atoms. The Labute approximate surface area is 163 Å². The van der Waals surface area contributed by atoms with Gasteiger partial charge >= 0.3 is 0 Å². The maximum Gasteiger partial charge on any atom is 0.257 e. The molecule has 0 saturated heterocycles. The summed E-state index contributed by atoms with van der Waals surface area (Å²) in [5.74, 6) is -0.725. The molecule has 3 rings (SSSR count). The molecular formula is C17H13Cl2N3O3S. The molecule has 2 amide bonds. The van der Waals surface area contributed by atoms with Gasteiger partial charge in [-0.2, -0.15) is 0 Å². The SMILES string of the molecule is O=C(CSc1nc2ccccc2o1)NNC(=O)Cc1ccc(Cl)cc1Cl. The van der Waals surface area contributed by atoms with Gasteiger partial charge in [0.25, 0.3) is 5.22 Å². The maximum atomic E-state index is 11.9. The molecule has 134 valence electrons. The highest BCUT2D eigenvalue weighted by atomic mass is 35.5. The highest BCUT2D eigenvalue weighted by molar-refractivity contribution is 7.99.